The minimum atomic E-state index is -0.782. The van der Waals surface area contributed by atoms with Crippen LogP contribution in [0.15, 0.2) is 86.0 Å². The third kappa shape index (κ3) is 16.0. The Morgan fingerprint density at radius 2 is 1.11 bits per heavy atom. The molecule has 2 aromatic rings. The number of rotatable bonds is 18. The van der Waals surface area contributed by atoms with Gasteiger partial charge in [0, 0.05) is 0 Å². The van der Waals surface area contributed by atoms with E-state index in [4.69, 9.17) is 19.9 Å². The van der Waals surface area contributed by atoms with Crippen molar-refractivity contribution in [2.45, 2.75) is 91.5 Å². The van der Waals surface area contributed by atoms with Crippen molar-refractivity contribution < 1.29 is 33.4 Å². The van der Waals surface area contributed by atoms with Gasteiger partial charge in [-0.25, -0.2) is 14.4 Å². The third-order valence-electron chi connectivity index (χ3n) is 7.69. The molecule has 2 rings (SSSR count). The highest BCUT2D eigenvalue weighted by Gasteiger charge is 2.37. The molecule has 0 heterocycles. The first-order valence-corrected chi connectivity index (χ1v) is 15.8. The summed E-state index contributed by atoms with van der Waals surface area (Å²) >= 11 is 0. The monoisotopic (exact) mass is 651 g/mol. The zero-order chi connectivity index (χ0) is 35.3. The van der Waals surface area contributed by atoms with Crippen LogP contribution >= 0.6 is 0 Å². The van der Waals surface area contributed by atoms with E-state index >= 15 is 0 Å². The maximum Gasteiger partial charge on any atom is 0.408 e. The lowest BCUT2D eigenvalue weighted by Crippen LogP contribution is -2.53. The fourth-order valence-corrected chi connectivity index (χ4v) is 4.80. The first kappa shape index (κ1) is 40.4. The van der Waals surface area contributed by atoms with Gasteiger partial charge in [-0.1, -0.05) is 101 Å². The highest BCUT2D eigenvalue weighted by Crippen LogP contribution is 2.29. The first-order valence-electron chi connectivity index (χ1n) is 15.8. The van der Waals surface area contributed by atoms with Crippen LogP contribution < -0.4 is 16.4 Å². The normalized spacial score (nSPS) is 12.2. The van der Waals surface area contributed by atoms with Gasteiger partial charge in [-0.2, -0.15) is 0 Å². The quantitative estimate of drug-likeness (QED) is 0.0682. The SMILES string of the molecule is C=CCCCC(C)(C)C(NC(=O)OCc1ccccc1)C(=O)OC.C=CCCCC(C)(C)C(NC(=O)OCc1ccccc1)C(N)=O. The molecule has 0 bridgehead atoms. The highest BCUT2D eigenvalue weighted by atomic mass is 16.6. The number of esters is 1. The summed E-state index contributed by atoms with van der Waals surface area (Å²) in [4.78, 5) is 47.8. The molecule has 0 fully saturated rings. The lowest BCUT2D eigenvalue weighted by Gasteiger charge is -2.32. The second-order valence-corrected chi connectivity index (χ2v) is 12.5. The summed E-state index contributed by atoms with van der Waals surface area (Å²) < 4.78 is 15.2. The summed E-state index contributed by atoms with van der Waals surface area (Å²) in [5.41, 5.74) is 6.30. The van der Waals surface area contributed by atoms with Crippen LogP contribution in [0.3, 0.4) is 0 Å². The molecule has 3 amide bonds. The van der Waals surface area contributed by atoms with Gasteiger partial charge in [0.05, 0.1) is 7.11 Å². The summed E-state index contributed by atoms with van der Waals surface area (Å²) in [7, 11) is 1.31. The minimum absolute atomic E-state index is 0.148. The van der Waals surface area contributed by atoms with E-state index < -0.39 is 47.0 Å². The molecular formula is C37H53N3O7. The molecule has 10 nitrogen and oxygen atoms in total. The van der Waals surface area contributed by atoms with Gasteiger partial charge in [-0.3, -0.25) is 4.79 Å². The molecule has 10 heteroatoms. The standard InChI is InChI=1S/C19H27NO4.C18H26N2O3/c1-5-6-10-13-19(2,3)16(17(21)23-4)20-18(22)24-14-15-11-8-7-9-12-15;1-4-5-9-12-18(2,3)15(16(19)21)20-17(22)23-13-14-10-7-6-8-11-14/h5,7-9,11-12,16H,1,6,10,13-14H2,2-4H3,(H,20,22);4,6-8,10-11,15H,1,5,9,12-13H2,2-3H3,(H2,19,21)(H,20,22). The van der Waals surface area contributed by atoms with Crippen LogP contribution in [0.2, 0.25) is 0 Å². The van der Waals surface area contributed by atoms with E-state index in [1.807, 2.05) is 101 Å². The largest absolute Gasteiger partial charge is 0.467 e. The Hall–Kier alpha value is -4.60. The number of primary amides is 1. The number of hydrogen-bond donors (Lipinski definition) is 3. The molecule has 0 radical (unpaired) electrons. The molecule has 4 N–H and O–H groups in total. The Morgan fingerprint density at radius 1 is 0.723 bits per heavy atom. The van der Waals surface area contributed by atoms with Gasteiger partial charge >= 0.3 is 18.2 Å². The summed E-state index contributed by atoms with van der Waals surface area (Å²) in [5.74, 6) is -1.04. The van der Waals surface area contributed by atoms with Gasteiger partial charge in [0.15, 0.2) is 0 Å². The number of benzene rings is 2. The van der Waals surface area contributed by atoms with Gasteiger partial charge in [0.2, 0.25) is 5.91 Å². The van der Waals surface area contributed by atoms with Gasteiger partial charge in [-0.15, -0.1) is 13.2 Å². The molecule has 0 aliphatic carbocycles. The molecule has 0 aliphatic rings. The molecular weight excluding hydrogens is 598 g/mol. The smallest absolute Gasteiger partial charge is 0.408 e. The second-order valence-electron chi connectivity index (χ2n) is 12.5. The molecule has 2 unspecified atom stereocenters. The van der Waals surface area contributed by atoms with E-state index in [0.29, 0.717) is 0 Å². The van der Waals surface area contributed by atoms with Gasteiger partial charge < -0.3 is 30.6 Å². The molecule has 0 aromatic heterocycles. The number of allylic oxidation sites excluding steroid dienone is 2. The molecule has 47 heavy (non-hydrogen) atoms. The Balaban J connectivity index is 0.000000470. The van der Waals surface area contributed by atoms with Gasteiger partial charge in [0.1, 0.15) is 25.3 Å². The Kier molecular flexibility index (Phi) is 18.3. The summed E-state index contributed by atoms with van der Waals surface area (Å²) in [6.07, 6.45) is 7.35. The maximum absolute atomic E-state index is 12.1. The minimum Gasteiger partial charge on any atom is -0.467 e. The average Bonchev–Trinajstić information content (AvgIpc) is 3.05. The number of nitrogens with two attached hydrogens (primary N) is 1. The molecule has 0 spiro atoms. The van der Waals surface area contributed by atoms with Crippen molar-refractivity contribution in [3.05, 3.63) is 97.1 Å². The molecule has 0 saturated heterocycles. The van der Waals surface area contributed by atoms with Crippen molar-refractivity contribution in [2.24, 2.45) is 16.6 Å². The van der Waals surface area contributed by atoms with Crippen molar-refractivity contribution in [3.8, 4) is 0 Å². The lowest BCUT2D eigenvalue weighted by molar-refractivity contribution is -0.146. The summed E-state index contributed by atoms with van der Waals surface area (Å²) in [6, 6.07) is 17.2. The average molecular weight is 652 g/mol. The number of carbonyl (C=O) groups is 4. The zero-order valence-corrected chi connectivity index (χ0v) is 28.6. The first-order chi connectivity index (χ1) is 22.3. The summed E-state index contributed by atoms with van der Waals surface area (Å²) in [5, 5.41) is 5.24. The fraction of sp³-hybridized carbons (Fsp3) is 0.459. The van der Waals surface area contributed by atoms with Crippen molar-refractivity contribution in [1.82, 2.24) is 10.6 Å². The topological polar surface area (TPSA) is 146 Å². The number of alkyl carbamates (subject to hydrolysis) is 2. The van der Waals surface area contributed by atoms with Crippen LogP contribution in [0.5, 0.6) is 0 Å². The molecule has 2 aromatic carbocycles. The predicted octanol–water partition coefficient (Wildman–Crippen LogP) is 6.99. The zero-order valence-electron chi connectivity index (χ0n) is 28.6. The van der Waals surface area contributed by atoms with Crippen LogP contribution in [0.1, 0.15) is 77.3 Å². The Morgan fingerprint density at radius 3 is 1.47 bits per heavy atom. The highest BCUT2D eigenvalue weighted by molar-refractivity contribution is 5.85. The van der Waals surface area contributed by atoms with E-state index in [2.05, 4.69) is 23.8 Å². The number of amides is 3. The Labute approximate surface area is 280 Å². The third-order valence-corrected chi connectivity index (χ3v) is 7.69. The van der Waals surface area contributed by atoms with E-state index in [0.717, 1.165) is 49.7 Å². The van der Waals surface area contributed by atoms with E-state index in [-0.39, 0.29) is 13.2 Å². The predicted molar refractivity (Wildman–Crippen MR) is 184 cm³/mol. The van der Waals surface area contributed by atoms with E-state index in [1.54, 1.807) is 0 Å². The maximum atomic E-state index is 12.1. The number of methoxy groups -OCH3 is 1. The number of unbranched alkanes of at least 4 members (excludes halogenated alkanes) is 2. The van der Waals surface area contributed by atoms with Crippen LogP contribution in [-0.2, 0) is 37.0 Å². The van der Waals surface area contributed by atoms with Crippen LogP contribution in [0.25, 0.3) is 0 Å². The molecule has 258 valence electrons. The fourth-order valence-electron chi connectivity index (χ4n) is 4.80. The number of nitrogens with one attached hydrogen (secondary N) is 2. The molecule has 0 saturated carbocycles. The van der Waals surface area contributed by atoms with E-state index in [1.165, 1.54) is 7.11 Å². The van der Waals surface area contributed by atoms with Crippen molar-refractivity contribution in [1.29, 1.82) is 0 Å². The van der Waals surface area contributed by atoms with Gasteiger partial charge in [0.25, 0.3) is 0 Å². The number of ether oxygens (including phenoxy) is 3. The molecule has 2 atom stereocenters. The van der Waals surface area contributed by atoms with E-state index in [9.17, 15) is 19.2 Å². The van der Waals surface area contributed by atoms with Crippen LogP contribution in [0.4, 0.5) is 9.59 Å². The number of carbonyl (C=O) groups excluding carboxylic acids is 4. The van der Waals surface area contributed by atoms with Gasteiger partial charge in [-0.05, 0) is 60.5 Å². The number of hydrogen-bond acceptors (Lipinski definition) is 7. The van der Waals surface area contributed by atoms with Crippen molar-refractivity contribution >= 4 is 24.1 Å². The lowest BCUT2D eigenvalue weighted by atomic mass is 9.79. The van der Waals surface area contributed by atoms with Crippen molar-refractivity contribution in [2.75, 3.05) is 7.11 Å². The molecule has 0 aliphatic heterocycles. The second kappa shape index (κ2) is 21.2. The Bertz CT molecular complexity index is 1260. The van der Waals surface area contributed by atoms with Crippen LogP contribution in [-0.4, -0.2) is 43.3 Å². The van der Waals surface area contributed by atoms with Crippen LogP contribution in [0, 0.1) is 10.8 Å². The summed E-state index contributed by atoms with van der Waals surface area (Å²) in [6.45, 7) is 15.3. The van der Waals surface area contributed by atoms with Crippen molar-refractivity contribution in [3.63, 3.8) is 0 Å².